The Bertz CT molecular complexity index is 1070. The number of nitrogens with one attached hydrogen (secondary N) is 1. The van der Waals surface area contributed by atoms with Crippen LogP contribution < -0.4 is 5.32 Å². The van der Waals surface area contributed by atoms with E-state index in [1.807, 2.05) is 30.3 Å². The van der Waals surface area contributed by atoms with Crippen molar-refractivity contribution in [1.29, 1.82) is 0 Å². The van der Waals surface area contributed by atoms with Gasteiger partial charge < -0.3 is 14.8 Å². The van der Waals surface area contributed by atoms with Crippen molar-refractivity contribution in [3.63, 3.8) is 0 Å². The van der Waals surface area contributed by atoms with Crippen molar-refractivity contribution in [3.8, 4) is 5.69 Å². The average Bonchev–Trinajstić information content (AvgIpc) is 3.27. The van der Waals surface area contributed by atoms with Gasteiger partial charge in [-0.15, -0.1) is 5.10 Å². The van der Waals surface area contributed by atoms with Gasteiger partial charge in [-0.1, -0.05) is 30.0 Å². The van der Waals surface area contributed by atoms with Crippen molar-refractivity contribution in [1.82, 2.24) is 20.2 Å². The van der Waals surface area contributed by atoms with Gasteiger partial charge in [0.25, 0.3) is 0 Å². The van der Waals surface area contributed by atoms with Crippen LogP contribution in [0, 0.1) is 0 Å². The Balaban J connectivity index is 1.72. The van der Waals surface area contributed by atoms with Gasteiger partial charge in [-0.2, -0.15) is 4.68 Å². The third-order valence-electron chi connectivity index (χ3n) is 4.01. The number of nitrogens with zero attached hydrogens (tertiary/aromatic N) is 4. The number of para-hydroxylation sites is 1. The van der Waals surface area contributed by atoms with Crippen molar-refractivity contribution in [2.75, 3.05) is 24.3 Å². The van der Waals surface area contributed by atoms with Crippen molar-refractivity contribution in [3.05, 3.63) is 59.7 Å². The lowest BCUT2D eigenvalue weighted by atomic mass is 10.1. The van der Waals surface area contributed by atoms with Gasteiger partial charge in [0.1, 0.15) is 0 Å². The molecule has 10 nitrogen and oxygen atoms in total. The fourth-order valence-corrected chi connectivity index (χ4v) is 3.38. The number of amides is 1. The second kappa shape index (κ2) is 11.0. The first-order valence-electron chi connectivity index (χ1n) is 9.77. The second-order valence-electron chi connectivity index (χ2n) is 6.29. The molecule has 0 radical (unpaired) electrons. The Kier molecular flexibility index (Phi) is 7.92. The summed E-state index contributed by atoms with van der Waals surface area (Å²) in [6.07, 6.45) is 0. The van der Waals surface area contributed by atoms with Crippen LogP contribution in [0.15, 0.2) is 53.7 Å². The maximum atomic E-state index is 12.5. The molecule has 0 aliphatic carbocycles. The molecule has 0 aliphatic rings. The summed E-state index contributed by atoms with van der Waals surface area (Å²) in [4.78, 5) is 36.8. The first-order valence-corrected chi connectivity index (χ1v) is 10.8. The molecule has 0 saturated carbocycles. The quantitative estimate of drug-likeness (QED) is 0.383. The van der Waals surface area contributed by atoms with E-state index in [0.717, 1.165) is 17.4 Å². The molecule has 1 N–H and O–H groups in total. The van der Waals surface area contributed by atoms with E-state index in [1.54, 1.807) is 13.8 Å². The zero-order valence-corrected chi connectivity index (χ0v) is 18.3. The van der Waals surface area contributed by atoms with E-state index in [2.05, 4.69) is 20.8 Å². The number of esters is 2. The number of hydrogen-bond donors (Lipinski definition) is 1. The topological polar surface area (TPSA) is 125 Å². The van der Waals surface area contributed by atoms with Crippen LogP contribution in [-0.4, -0.2) is 57.0 Å². The summed E-state index contributed by atoms with van der Waals surface area (Å²) in [5.74, 6) is -1.57. The minimum Gasteiger partial charge on any atom is -0.462 e. The predicted molar refractivity (Wildman–Crippen MR) is 117 cm³/mol. The highest BCUT2D eigenvalue weighted by Crippen LogP contribution is 2.20. The summed E-state index contributed by atoms with van der Waals surface area (Å²) < 4.78 is 11.5. The van der Waals surface area contributed by atoms with Gasteiger partial charge in [0.15, 0.2) is 0 Å². The normalized spacial score (nSPS) is 10.4. The maximum absolute atomic E-state index is 12.5. The molecular formula is C21H21N5O5S. The predicted octanol–water partition coefficient (Wildman–Crippen LogP) is 2.75. The molecule has 1 heterocycles. The third kappa shape index (κ3) is 5.91. The minimum atomic E-state index is -0.606. The lowest BCUT2D eigenvalue weighted by molar-refractivity contribution is -0.113. The number of hydrogen-bond acceptors (Lipinski definition) is 9. The molecule has 0 aliphatic heterocycles. The number of tetrazole rings is 1. The molecule has 166 valence electrons. The number of ether oxygens (including phenoxy) is 2. The first-order chi connectivity index (χ1) is 15.5. The monoisotopic (exact) mass is 455 g/mol. The molecule has 0 unspecified atom stereocenters. The Labute approximate surface area is 188 Å². The van der Waals surface area contributed by atoms with E-state index in [1.165, 1.54) is 22.9 Å². The van der Waals surface area contributed by atoms with Crippen molar-refractivity contribution < 1.29 is 23.9 Å². The molecule has 32 heavy (non-hydrogen) atoms. The maximum Gasteiger partial charge on any atom is 0.338 e. The number of benzene rings is 2. The van der Waals surface area contributed by atoms with Crippen molar-refractivity contribution >= 4 is 35.3 Å². The van der Waals surface area contributed by atoms with Gasteiger partial charge in [-0.3, -0.25) is 4.79 Å². The van der Waals surface area contributed by atoms with Crippen LogP contribution in [0.5, 0.6) is 0 Å². The molecule has 0 fully saturated rings. The van der Waals surface area contributed by atoms with Crippen LogP contribution in [-0.2, 0) is 14.3 Å². The van der Waals surface area contributed by atoms with Gasteiger partial charge >= 0.3 is 11.9 Å². The zero-order chi connectivity index (χ0) is 22.9. The molecule has 0 atom stereocenters. The molecular weight excluding hydrogens is 434 g/mol. The summed E-state index contributed by atoms with van der Waals surface area (Å²) in [6.45, 7) is 3.71. The fourth-order valence-electron chi connectivity index (χ4n) is 2.69. The highest BCUT2D eigenvalue weighted by molar-refractivity contribution is 7.99. The third-order valence-corrected chi connectivity index (χ3v) is 4.93. The van der Waals surface area contributed by atoms with Crippen molar-refractivity contribution in [2.45, 2.75) is 19.0 Å². The van der Waals surface area contributed by atoms with Crippen LogP contribution in [0.4, 0.5) is 5.69 Å². The standard InChI is InChI=1S/C21H21N5O5S/c1-3-30-19(28)14-10-15(20(29)31-4-2)12-16(11-14)22-18(27)13-32-21-23-24-25-26(21)17-8-6-5-7-9-17/h5-12H,3-4,13H2,1-2H3,(H,22,27). The molecule has 1 aromatic heterocycles. The zero-order valence-electron chi connectivity index (χ0n) is 17.5. The van der Waals surface area contributed by atoms with E-state index >= 15 is 0 Å². The number of carbonyl (C=O) groups is 3. The summed E-state index contributed by atoms with van der Waals surface area (Å²) in [7, 11) is 0. The van der Waals surface area contributed by atoms with E-state index in [4.69, 9.17) is 9.47 Å². The molecule has 11 heteroatoms. The molecule has 3 rings (SSSR count). The number of rotatable bonds is 9. The average molecular weight is 455 g/mol. The Morgan fingerprint density at radius 3 is 2.19 bits per heavy atom. The number of carbonyl (C=O) groups excluding carboxylic acids is 3. The summed E-state index contributed by atoms with van der Waals surface area (Å²) >= 11 is 1.14. The van der Waals surface area contributed by atoms with Crippen molar-refractivity contribution in [2.24, 2.45) is 0 Å². The summed E-state index contributed by atoms with van der Waals surface area (Å²) in [5.41, 5.74) is 1.30. The van der Waals surface area contributed by atoms with Gasteiger partial charge in [0.05, 0.1) is 35.8 Å². The van der Waals surface area contributed by atoms with E-state index in [0.29, 0.717) is 5.16 Å². The highest BCUT2D eigenvalue weighted by Gasteiger charge is 2.17. The van der Waals surface area contributed by atoms with Crippen LogP contribution in [0.1, 0.15) is 34.6 Å². The van der Waals surface area contributed by atoms with Gasteiger partial charge in [0, 0.05) is 5.69 Å². The second-order valence-corrected chi connectivity index (χ2v) is 7.23. The SMILES string of the molecule is CCOC(=O)c1cc(NC(=O)CSc2nnnn2-c2ccccc2)cc(C(=O)OCC)c1. The fraction of sp³-hybridized carbons (Fsp3) is 0.238. The molecule has 0 spiro atoms. The smallest absolute Gasteiger partial charge is 0.338 e. The molecule has 3 aromatic rings. The molecule has 2 aromatic carbocycles. The minimum absolute atomic E-state index is 0.00554. The van der Waals surface area contributed by atoms with Crippen LogP contribution >= 0.6 is 11.8 Å². The Hall–Kier alpha value is -3.73. The Morgan fingerprint density at radius 1 is 0.969 bits per heavy atom. The molecule has 0 bridgehead atoms. The van der Waals surface area contributed by atoms with Crippen LogP contribution in [0.25, 0.3) is 5.69 Å². The first kappa shape index (κ1) is 22.9. The van der Waals surface area contributed by atoms with E-state index in [9.17, 15) is 14.4 Å². The lowest BCUT2D eigenvalue weighted by Gasteiger charge is -2.10. The van der Waals surface area contributed by atoms with Gasteiger partial charge in [-0.25, -0.2) is 9.59 Å². The number of anilines is 1. The van der Waals surface area contributed by atoms with Crippen LogP contribution in [0.2, 0.25) is 0 Å². The molecule has 0 saturated heterocycles. The Morgan fingerprint density at radius 2 is 1.59 bits per heavy atom. The lowest BCUT2D eigenvalue weighted by Crippen LogP contribution is -2.16. The largest absolute Gasteiger partial charge is 0.462 e. The van der Waals surface area contributed by atoms with Gasteiger partial charge in [0.2, 0.25) is 11.1 Å². The summed E-state index contributed by atoms with van der Waals surface area (Å²) in [6, 6.07) is 13.5. The number of thioether (sulfide) groups is 1. The van der Waals surface area contributed by atoms with Crippen LogP contribution in [0.3, 0.4) is 0 Å². The highest BCUT2D eigenvalue weighted by atomic mass is 32.2. The molecule has 1 amide bonds. The van der Waals surface area contributed by atoms with Gasteiger partial charge in [-0.05, 0) is 54.6 Å². The number of aromatic nitrogens is 4. The summed E-state index contributed by atoms with van der Waals surface area (Å²) in [5, 5.41) is 14.7. The van der Waals surface area contributed by atoms with E-state index in [-0.39, 0.29) is 41.7 Å². The van der Waals surface area contributed by atoms with E-state index < -0.39 is 11.9 Å².